The fourth-order valence-electron chi connectivity index (χ4n) is 1.81. The lowest BCUT2D eigenvalue weighted by molar-refractivity contribution is 0.208. The lowest BCUT2D eigenvalue weighted by Crippen LogP contribution is -2.10. The molecule has 0 bridgehead atoms. The molecule has 0 radical (unpaired) electrons. The number of rotatable bonds is 6. The smallest absolute Gasteiger partial charge is 0.143 e. The first kappa shape index (κ1) is 14.8. The zero-order chi connectivity index (χ0) is 15.1. The first-order chi connectivity index (χ1) is 10.2. The topological polar surface area (TPSA) is 75.4 Å². The van der Waals surface area contributed by atoms with E-state index >= 15 is 0 Å². The molecule has 0 aliphatic rings. The quantitative estimate of drug-likeness (QED) is 0.823. The Hall–Kier alpha value is -2.58. The van der Waals surface area contributed by atoms with E-state index in [1.54, 1.807) is 30.3 Å². The number of aliphatic hydroxyl groups is 1. The predicted molar refractivity (Wildman–Crippen MR) is 77.0 cm³/mol. The predicted octanol–water partition coefficient (Wildman–Crippen LogP) is 2.21. The van der Waals surface area contributed by atoms with Gasteiger partial charge in [0.1, 0.15) is 30.4 Å². The molecule has 1 heterocycles. The van der Waals surface area contributed by atoms with E-state index in [0.29, 0.717) is 36.0 Å². The summed E-state index contributed by atoms with van der Waals surface area (Å²) < 4.78 is 11.1. The second kappa shape index (κ2) is 7.27. The van der Waals surface area contributed by atoms with Gasteiger partial charge in [-0.2, -0.15) is 5.26 Å². The Morgan fingerprint density at radius 3 is 2.76 bits per heavy atom. The van der Waals surface area contributed by atoms with Gasteiger partial charge in [-0.15, -0.1) is 0 Å². The molecule has 21 heavy (non-hydrogen) atoms. The summed E-state index contributed by atoms with van der Waals surface area (Å²) in [6.45, 7) is 2.36. The van der Waals surface area contributed by atoms with Crippen molar-refractivity contribution in [1.82, 2.24) is 4.98 Å². The van der Waals surface area contributed by atoms with Crippen LogP contribution in [0.4, 0.5) is 0 Å². The van der Waals surface area contributed by atoms with E-state index in [9.17, 15) is 5.11 Å². The molecule has 0 unspecified atom stereocenters. The standard InChI is InChI=1S/C16H16N2O3/c1-12-5-6-16(15(11-19)18-12)21-8-7-20-14-4-2-3-13(9-14)10-17/h2-6,9,19H,7-8,11H2,1H3. The zero-order valence-corrected chi connectivity index (χ0v) is 11.7. The number of benzene rings is 1. The minimum absolute atomic E-state index is 0.165. The van der Waals surface area contributed by atoms with Crippen molar-refractivity contribution in [2.24, 2.45) is 0 Å². The maximum Gasteiger partial charge on any atom is 0.143 e. The van der Waals surface area contributed by atoms with Crippen molar-refractivity contribution >= 4 is 0 Å². The molecule has 1 aromatic heterocycles. The van der Waals surface area contributed by atoms with Crippen LogP contribution in [0.2, 0.25) is 0 Å². The summed E-state index contributed by atoms with van der Waals surface area (Å²) in [7, 11) is 0. The van der Waals surface area contributed by atoms with Gasteiger partial charge in [0.25, 0.3) is 0 Å². The molecule has 0 aliphatic carbocycles. The highest BCUT2D eigenvalue weighted by molar-refractivity contribution is 5.36. The summed E-state index contributed by atoms with van der Waals surface area (Å²) >= 11 is 0. The van der Waals surface area contributed by atoms with Gasteiger partial charge in [-0.05, 0) is 37.3 Å². The van der Waals surface area contributed by atoms with Crippen LogP contribution in [-0.2, 0) is 6.61 Å². The molecule has 2 rings (SSSR count). The summed E-state index contributed by atoms with van der Waals surface area (Å²) in [5, 5.41) is 18.0. The number of pyridine rings is 1. The van der Waals surface area contributed by atoms with Crippen molar-refractivity contribution in [3.05, 3.63) is 53.3 Å². The molecule has 0 aliphatic heterocycles. The van der Waals surface area contributed by atoms with E-state index in [-0.39, 0.29) is 6.61 Å². The van der Waals surface area contributed by atoms with Gasteiger partial charge in [0.05, 0.1) is 18.2 Å². The minimum Gasteiger partial charge on any atom is -0.490 e. The Bertz CT molecular complexity index is 650. The van der Waals surface area contributed by atoms with Crippen LogP contribution in [0.3, 0.4) is 0 Å². The SMILES string of the molecule is Cc1ccc(OCCOc2cccc(C#N)c2)c(CO)n1. The van der Waals surface area contributed by atoms with Gasteiger partial charge in [-0.1, -0.05) is 6.07 Å². The van der Waals surface area contributed by atoms with Gasteiger partial charge < -0.3 is 14.6 Å². The maximum atomic E-state index is 9.23. The van der Waals surface area contributed by atoms with E-state index in [1.165, 1.54) is 0 Å². The fourth-order valence-corrected chi connectivity index (χ4v) is 1.81. The van der Waals surface area contributed by atoms with Crippen LogP contribution in [0.5, 0.6) is 11.5 Å². The molecular formula is C16H16N2O3. The Morgan fingerprint density at radius 1 is 1.19 bits per heavy atom. The van der Waals surface area contributed by atoms with Crippen LogP contribution in [-0.4, -0.2) is 23.3 Å². The molecule has 0 atom stereocenters. The molecular weight excluding hydrogens is 268 g/mol. The number of nitrogens with zero attached hydrogens (tertiary/aromatic N) is 2. The van der Waals surface area contributed by atoms with Gasteiger partial charge >= 0.3 is 0 Å². The number of aryl methyl sites for hydroxylation is 1. The van der Waals surface area contributed by atoms with Gasteiger partial charge in [-0.25, -0.2) is 0 Å². The summed E-state index contributed by atoms with van der Waals surface area (Å²) in [5.41, 5.74) is 1.90. The first-order valence-corrected chi connectivity index (χ1v) is 6.56. The Kier molecular flexibility index (Phi) is 5.13. The Labute approximate surface area is 123 Å². The molecule has 1 aromatic carbocycles. The zero-order valence-electron chi connectivity index (χ0n) is 11.7. The van der Waals surface area contributed by atoms with Crippen molar-refractivity contribution in [1.29, 1.82) is 5.26 Å². The van der Waals surface area contributed by atoms with E-state index < -0.39 is 0 Å². The van der Waals surface area contributed by atoms with Gasteiger partial charge in [0.2, 0.25) is 0 Å². The molecule has 5 nitrogen and oxygen atoms in total. The largest absolute Gasteiger partial charge is 0.490 e. The molecule has 0 fully saturated rings. The van der Waals surface area contributed by atoms with Crippen molar-refractivity contribution in [3.63, 3.8) is 0 Å². The molecule has 5 heteroatoms. The Morgan fingerprint density at radius 2 is 2.00 bits per heavy atom. The second-order valence-corrected chi connectivity index (χ2v) is 4.39. The third kappa shape index (κ3) is 4.20. The molecule has 1 N–H and O–H groups in total. The summed E-state index contributed by atoms with van der Waals surface area (Å²) in [6, 6.07) is 12.6. The lowest BCUT2D eigenvalue weighted by atomic mass is 10.2. The van der Waals surface area contributed by atoms with Crippen molar-refractivity contribution in [3.8, 4) is 17.6 Å². The fraction of sp³-hybridized carbons (Fsp3) is 0.250. The van der Waals surface area contributed by atoms with Crippen LogP contribution in [0.15, 0.2) is 36.4 Å². The molecule has 2 aromatic rings. The number of nitriles is 1. The van der Waals surface area contributed by atoms with E-state index in [2.05, 4.69) is 11.1 Å². The molecule has 108 valence electrons. The summed E-state index contributed by atoms with van der Waals surface area (Å²) in [5.74, 6) is 1.18. The third-order valence-corrected chi connectivity index (χ3v) is 2.79. The van der Waals surface area contributed by atoms with Gasteiger partial charge in [0.15, 0.2) is 0 Å². The number of ether oxygens (including phenoxy) is 2. The lowest BCUT2D eigenvalue weighted by Gasteiger charge is -2.11. The summed E-state index contributed by atoms with van der Waals surface area (Å²) in [4.78, 5) is 4.20. The van der Waals surface area contributed by atoms with Gasteiger partial charge in [-0.3, -0.25) is 4.98 Å². The third-order valence-electron chi connectivity index (χ3n) is 2.79. The minimum atomic E-state index is -0.165. The van der Waals surface area contributed by atoms with Crippen molar-refractivity contribution < 1.29 is 14.6 Å². The van der Waals surface area contributed by atoms with Crippen molar-refractivity contribution in [2.75, 3.05) is 13.2 Å². The molecule has 0 saturated carbocycles. The highest BCUT2D eigenvalue weighted by Crippen LogP contribution is 2.17. The average Bonchev–Trinajstić information content (AvgIpc) is 2.52. The highest BCUT2D eigenvalue weighted by atomic mass is 16.5. The van der Waals surface area contributed by atoms with E-state index in [1.807, 2.05) is 13.0 Å². The van der Waals surface area contributed by atoms with E-state index in [0.717, 1.165) is 5.69 Å². The maximum absolute atomic E-state index is 9.23. The van der Waals surface area contributed by atoms with Crippen LogP contribution in [0.1, 0.15) is 17.0 Å². The normalized spacial score (nSPS) is 9.95. The highest BCUT2D eigenvalue weighted by Gasteiger charge is 2.05. The monoisotopic (exact) mass is 284 g/mol. The Balaban J connectivity index is 1.86. The number of aromatic nitrogens is 1. The second-order valence-electron chi connectivity index (χ2n) is 4.39. The van der Waals surface area contributed by atoms with Crippen molar-refractivity contribution in [2.45, 2.75) is 13.5 Å². The molecule has 0 spiro atoms. The number of hydrogen-bond acceptors (Lipinski definition) is 5. The number of aliphatic hydroxyl groups excluding tert-OH is 1. The summed E-state index contributed by atoms with van der Waals surface area (Å²) in [6.07, 6.45) is 0. The van der Waals surface area contributed by atoms with Gasteiger partial charge in [0, 0.05) is 5.69 Å². The van der Waals surface area contributed by atoms with Crippen LogP contribution in [0.25, 0.3) is 0 Å². The molecule has 0 amide bonds. The number of hydrogen-bond donors (Lipinski definition) is 1. The van der Waals surface area contributed by atoms with Crippen LogP contribution >= 0.6 is 0 Å². The van der Waals surface area contributed by atoms with E-state index in [4.69, 9.17) is 14.7 Å². The molecule has 0 saturated heterocycles. The average molecular weight is 284 g/mol. The van der Waals surface area contributed by atoms with Crippen LogP contribution in [0, 0.1) is 18.3 Å². The first-order valence-electron chi connectivity index (χ1n) is 6.56. The van der Waals surface area contributed by atoms with Crippen LogP contribution < -0.4 is 9.47 Å².